The maximum absolute atomic E-state index is 12.9. The second-order valence-corrected chi connectivity index (χ2v) is 9.04. The fraction of sp³-hybridized carbons (Fsp3) is 0.409. The first-order valence-electron chi connectivity index (χ1n) is 10.3. The number of benzene rings is 1. The van der Waals surface area contributed by atoms with Crippen LogP contribution in [0.2, 0.25) is 0 Å². The van der Waals surface area contributed by atoms with Crippen molar-refractivity contribution in [2.45, 2.75) is 45.6 Å². The number of aryl methyl sites for hydroxylation is 3. The molecule has 1 amide bonds. The van der Waals surface area contributed by atoms with Crippen LogP contribution in [0.3, 0.4) is 0 Å². The quantitative estimate of drug-likeness (QED) is 0.718. The minimum absolute atomic E-state index is 0.0281. The summed E-state index contributed by atoms with van der Waals surface area (Å²) in [6.45, 7) is 4.16. The van der Waals surface area contributed by atoms with Gasteiger partial charge in [-0.2, -0.15) is 0 Å². The van der Waals surface area contributed by atoms with Gasteiger partial charge in [-0.3, -0.25) is 14.2 Å². The van der Waals surface area contributed by atoms with E-state index >= 15 is 0 Å². The number of rotatable bonds is 4. The van der Waals surface area contributed by atoms with Gasteiger partial charge in [-0.1, -0.05) is 0 Å². The lowest BCUT2D eigenvalue weighted by molar-refractivity contribution is -0.116. The molecule has 1 saturated heterocycles. The molecule has 0 unspecified atom stereocenters. The van der Waals surface area contributed by atoms with Gasteiger partial charge in [0.25, 0.3) is 5.56 Å². The number of carbonyl (C=O) groups excluding carboxylic acids is 1. The fourth-order valence-corrected chi connectivity index (χ4v) is 5.66. The van der Waals surface area contributed by atoms with Crippen LogP contribution in [0.15, 0.2) is 29.3 Å². The monoisotopic (exact) mass is 408 g/mol. The summed E-state index contributed by atoms with van der Waals surface area (Å²) in [4.78, 5) is 34.5. The first-order valence-corrected chi connectivity index (χ1v) is 11.1. The first-order chi connectivity index (χ1) is 14.1. The van der Waals surface area contributed by atoms with Crippen molar-refractivity contribution in [3.05, 3.63) is 50.9 Å². The van der Waals surface area contributed by atoms with Gasteiger partial charge in [-0.15, -0.1) is 11.3 Å². The van der Waals surface area contributed by atoms with E-state index in [-0.39, 0.29) is 18.0 Å². The number of nitrogens with one attached hydrogen (secondary N) is 1. The van der Waals surface area contributed by atoms with Crippen LogP contribution < -0.4 is 15.8 Å². The van der Waals surface area contributed by atoms with Gasteiger partial charge in [0.05, 0.1) is 11.7 Å². The normalized spacial score (nSPS) is 15.8. The topological polar surface area (TPSA) is 67.2 Å². The average Bonchev–Trinajstić information content (AvgIpc) is 3.42. The number of hydrogen-bond acceptors (Lipinski definition) is 5. The lowest BCUT2D eigenvalue weighted by Gasteiger charge is -2.19. The third-order valence-electron chi connectivity index (χ3n) is 5.96. The van der Waals surface area contributed by atoms with Crippen LogP contribution in [0.25, 0.3) is 10.2 Å². The molecule has 3 aromatic rings. The Bertz CT molecular complexity index is 1160. The number of aromatic nitrogens is 2. The van der Waals surface area contributed by atoms with Crippen molar-refractivity contribution in [1.29, 1.82) is 0 Å². The first kappa shape index (κ1) is 18.4. The average molecular weight is 409 g/mol. The summed E-state index contributed by atoms with van der Waals surface area (Å²) in [5.41, 5.74) is 4.06. The SMILES string of the molecule is Cc1cc(N2CCCC2)ccc1NC(=O)Cn1cnc2sc3c(c2c1=O)CCC3. The number of carbonyl (C=O) groups is 1. The molecule has 6 nitrogen and oxygen atoms in total. The molecule has 0 bridgehead atoms. The van der Waals surface area contributed by atoms with Crippen LogP contribution >= 0.6 is 11.3 Å². The number of amides is 1. The van der Waals surface area contributed by atoms with Gasteiger partial charge >= 0.3 is 0 Å². The number of anilines is 2. The summed E-state index contributed by atoms with van der Waals surface area (Å²) >= 11 is 1.62. The third-order valence-corrected chi connectivity index (χ3v) is 7.16. The molecule has 1 N–H and O–H groups in total. The standard InChI is InChI=1S/C22H24N4O2S/c1-14-11-15(25-9-2-3-10-25)7-8-17(14)24-19(27)12-26-13-23-21-20(22(26)28)16-5-4-6-18(16)29-21/h7-8,11,13H,2-6,9-10,12H2,1H3,(H,24,27). The number of fused-ring (bicyclic) bond motifs is 3. The van der Waals surface area contributed by atoms with Crippen molar-refractivity contribution in [1.82, 2.24) is 9.55 Å². The lowest BCUT2D eigenvalue weighted by atomic mass is 10.1. The Kier molecular flexibility index (Phi) is 4.62. The molecular weight excluding hydrogens is 384 g/mol. The highest BCUT2D eigenvalue weighted by Gasteiger charge is 2.22. The predicted octanol–water partition coefficient (Wildman–Crippen LogP) is 3.49. The van der Waals surface area contributed by atoms with E-state index in [9.17, 15) is 9.59 Å². The molecule has 0 atom stereocenters. The van der Waals surface area contributed by atoms with E-state index in [1.54, 1.807) is 11.3 Å². The van der Waals surface area contributed by atoms with Crippen molar-refractivity contribution < 1.29 is 4.79 Å². The Morgan fingerprint density at radius 2 is 2.03 bits per heavy atom. The van der Waals surface area contributed by atoms with Crippen molar-refractivity contribution in [3.8, 4) is 0 Å². The summed E-state index contributed by atoms with van der Waals surface area (Å²) in [5.74, 6) is -0.211. The highest BCUT2D eigenvalue weighted by molar-refractivity contribution is 7.18. The molecule has 1 aliphatic carbocycles. The number of nitrogens with zero attached hydrogens (tertiary/aromatic N) is 3. The molecule has 0 spiro atoms. The molecule has 7 heteroatoms. The van der Waals surface area contributed by atoms with Crippen LogP contribution in [0, 0.1) is 6.92 Å². The minimum Gasteiger partial charge on any atom is -0.372 e. The molecule has 2 aromatic heterocycles. The van der Waals surface area contributed by atoms with E-state index in [4.69, 9.17) is 0 Å². The van der Waals surface area contributed by atoms with Crippen LogP contribution in [-0.2, 0) is 24.2 Å². The second kappa shape index (κ2) is 7.30. The zero-order chi connectivity index (χ0) is 20.0. The highest BCUT2D eigenvalue weighted by Crippen LogP contribution is 2.34. The zero-order valence-corrected chi connectivity index (χ0v) is 17.3. The summed E-state index contributed by atoms with van der Waals surface area (Å²) in [5, 5.41) is 3.67. The van der Waals surface area contributed by atoms with Crippen LogP contribution in [0.1, 0.15) is 35.3 Å². The van der Waals surface area contributed by atoms with Gasteiger partial charge in [-0.05, 0) is 68.4 Å². The Morgan fingerprint density at radius 1 is 1.21 bits per heavy atom. The van der Waals surface area contributed by atoms with E-state index in [1.807, 2.05) is 13.0 Å². The van der Waals surface area contributed by atoms with Crippen molar-refractivity contribution in [3.63, 3.8) is 0 Å². The predicted molar refractivity (Wildman–Crippen MR) is 117 cm³/mol. The summed E-state index contributed by atoms with van der Waals surface area (Å²) < 4.78 is 1.43. The number of hydrogen-bond donors (Lipinski definition) is 1. The van der Waals surface area contributed by atoms with Gasteiger partial charge in [0.15, 0.2) is 0 Å². The van der Waals surface area contributed by atoms with Crippen molar-refractivity contribution in [2.75, 3.05) is 23.3 Å². The van der Waals surface area contributed by atoms with Gasteiger partial charge in [0.2, 0.25) is 5.91 Å². The van der Waals surface area contributed by atoms with Gasteiger partial charge < -0.3 is 10.2 Å². The third kappa shape index (κ3) is 3.33. The van der Waals surface area contributed by atoms with Gasteiger partial charge in [0.1, 0.15) is 11.4 Å². The maximum Gasteiger partial charge on any atom is 0.262 e. The fourth-order valence-electron chi connectivity index (χ4n) is 4.44. The minimum atomic E-state index is -0.211. The molecule has 3 heterocycles. The van der Waals surface area contributed by atoms with Crippen LogP contribution in [-0.4, -0.2) is 28.5 Å². The zero-order valence-electron chi connectivity index (χ0n) is 16.5. The molecule has 1 aliphatic heterocycles. The molecule has 150 valence electrons. The Balaban J connectivity index is 1.34. The smallest absolute Gasteiger partial charge is 0.262 e. The second-order valence-electron chi connectivity index (χ2n) is 7.96. The lowest BCUT2D eigenvalue weighted by Crippen LogP contribution is -2.28. The summed E-state index contributed by atoms with van der Waals surface area (Å²) in [7, 11) is 0. The van der Waals surface area contributed by atoms with Crippen LogP contribution in [0.4, 0.5) is 11.4 Å². The molecule has 0 saturated carbocycles. The van der Waals surface area contributed by atoms with E-state index in [2.05, 4.69) is 27.3 Å². The molecular formula is C22H24N4O2S. The molecule has 1 aromatic carbocycles. The largest absolute Gasteiger partial charge is 0.372 e. The maximum atomic E-state index is 12.9. The van der Waals surface area contributed by atoms with E-state index in [1.165, 1.54) is 34.3 Å². The summed E-state index contributed by atoms with van der Waals surface area (Å²) in [6.07, 6.45) is 7.03. The Labute approximate surface area is 173 Å². The van der Waals surface area contributed by atoms with Gasteiger partial charge in [-0.25, -0.2) is 4.98 Å². The van der Waals surface area contributed by atoms with Crippen LogP contribution in [0.5, 0.6) is 0 Å². The van der Waals surface area contributed by atoms with Gasteiger partial charge in [0, 0.05) is 29.3 Å². The van der Waals surface area contributed by atoms with E-state index in [0.717, 1.165) is 54.0 Å². The Hall–Kier alpha value is -2.67. The van der Waals surface area contributed by atoms with Crippen molar-refractivity contribution in [2.24, 2.45) is 0 Å². The molecule has 2 aliphatic rings. The van der Waals surface area contributed by atoms with Crippen molar-refractivity contribution >= 4 is 38.8 Å². The molecule has 0 radical (unpaired) electrons. The Morgan fingerprint density at radius 3 is 2.83 bits per heavy atom. The summed E-state index contributed by atoms with van der Waals surface area (Å²) in [6, 6.07) is 6.13. The molecule has 5 rings (SSSR count). The number of thiophene rings is 1. The molecule has 29 heavy (non-hydrogen) atoms. The van der Waals surface area contributed by atoms with E-state index < -0.39 is 0 Å². The molecule has 1 fully saturated rings. The van der Waals surface area contributed by atoms with E-state index in [0.29, 0.717) is 5.39 Å². The highest BCUT2D eigenvalue weighted by atomic mass is 32.1.